The first-order valence-corrected chi connectivity index (χ1v) is 5.91. The summed E-state index contributed by atoms with van der Waals surface area (Å²) in [5, 5.41) is 2.80. The van der Waals surface area contributed by atoms with Gasteiger partial charge in [-0.3, -0.25) is 4.79 Å². The third kappa shape index (κ3) is 2.84. The second-order valence-electron chi connectivity index (χ2n) is 4.42. The van der Waals surface area contributed by atoms with Gasteiger partial charge in [0.2, 0.25) is 0 Å². The quantitative estimate of drug-likeness (QED) is 0.811. The highest BCUT2D eigenvalue weighted by molar-refractivity contribution is 5.82. The molecule has 1 aromatic carbocycles. The highest BCUT2D eigenvalue weighted by Crippen LogP contribution is 2.26. The number of ether oxygens (including phenoxy) is 1. The van der Waals surface area contributed by atoms with Gasteiger partial charge in [-0.05, 0) is 24.5 Å². The van der Waals surface area contributed by atoms with Crippen molar-refractivity contribution >= 4 is 5.91 Å². The second kappa shape index (κ2) is 5.29. The van der Waals surface area contributed by atoms with Crippen LogP contribution >= 0.6 is 0 Å². The summed E-state index contributed by atoms with van der Waals surface area (Å²) in [5.41, 5.74) is 7.78. The maximum atomic E-state index is 12.0. The summed E-state index contributed by atoms with van der Waals surface area (Å²) in [4.78, 5) is 12.0. The molecule has 0 aromatic heterocycles. The van der Waals surface area contributed by atoms with Crippen LogP contribution in [0, 0.1) is 0 Å². The van der Waals surface area contributed by atoms with Crippen molar-refractivity contribution in [3.05, 3.63) is 35.4 Å². The lowest BCUT2D eigenvalue weighted by atomic mass is 9.97. The maximum absolute atomic E-state index is 12.0. The molecule has 17 heavy (non-hydrogen) atoms. The molecule has 2 unspecified atom stereocenters. The van der Waals surface area contributed by atoms with E-state index in [0.717, 1.165) is 12.0 Å². The first-order chi connectivity index (χ1) is 8.18. The second-order valence-corrected chi connectivity index (χ2v) is 4.42. The van der Waals surface area contributed by atoms with Gasteiger partial charge in [0.25, 0.3) is 5.91 Å². The molecule has 92 valence electrons. The number of rotatable bonds is 3. The van der Waals surface area contributed by atoms with Gasteiger partial charge in [-0.25, -0.2) is 0 Å². The standard InChI is InChI=1S/C13H18N2O2/c1-9(14)8-15-13(16)12-11-5-3-2-4-10(11)6-7-17-12/h2-5,9,12H,6-8,14H2,1H3,(H,15,16). The Bertz CT molecular complexity index is 404. The number of nitrogens with one attached hydrogen (secondary N) is 1. The molecule has 4 nitrogen and oxygen atoms in total. The molecule has 3 N–H and O–H groups in total. The number of nitrogens with two attached hydrogens (primary N) is 1. The van der Waals surface area contributed by atoms with Gasteiger partial charge in [0, 0.05) is 12.6 Å². The van der Waals surface area contributed by atoms with Crippen LogP contribution in [0.2, 0.25) is 0 Å². The van der Waals surface area contributed by atoms with Gasteiger partial charge in [0.15, 0.2) is 6.10 Å². The summed E-state index contributed by atoms with van der Waals surface area (Å²) in [6, 6.07) is 7.87. The summed E-state index contributed by atoms with van der Waals surface area (Å²) in [5.74, 6) is -0.102. The zero-order valence-electron chi connectivity index (χ0n) is 9.98. The van der Waals surface area contributed by atoms with Gasteiger partial charge in [0.05, 0.1) is 6.61 Å². The topological polar surface area (TPSA) is 64.3 Å². The third-order valence-electron chi connectivity index (χ3n) is 2.83. The van der Waals surface area contributed by atoms with Gasteiger partial charge in [-0.15, -0.1) is 0 Å². The highest BCUT2D eigenvalue weighted by atomic mass is 16.5. The normalized spacial score (nSPS) is 20.5. The predicted octanol–water partition coefficient (Wildman–Crippen LogP) is 0.764. The van der Waals surface area contributed by atoms with E-state index in [1.165, 1.54) is 5.56 Å². The molecule has 0 spiro atoms. The fraction of sp³-hybridized carbons (Fsp3) is 0.462. The van der Waals surface area contributed by atoms with Crippen molar-refractivity contribution < 1.29 is 9.53 Å². The summed E-state index contributed by atoms with van der Waals surface area (Å²) in [6.45, 7) is 2.92. The lowest BCUT2D eigenvalue weighted by Crippen LogP contribution is -2.39. The Hall–Kier alpha value is -1.39. The van der Waals surface area contributed by atoms with E-state index in [-0.39, 0.29) is 11.9 Å². The van der Waals surface area contributed by atoms with Crippen LogP contribution in [-0.2, 0) is 16.0 Å². The molecule has 0 aliphatic carbocycles. The minimum Gasteiger partial charge on any atom is -0.363 e. The van der Waals surface area contributed by atoms with Crippen LogP contribution in [0.3, 0.4) is 0 Å². The molecule has 1 aliphatic heterocycles. The summed E-state index contributed by atoms with van der Waals surface area (Å²) < 4.78 is 5.55. The van der Waals surface area contributed by atoms with Gasteiger partial charge in [0.1, 0.15) is 0 Å². The van der Waals surface area contributed by atoms with Crippen LogP contribution in [0.1, 0.15) is 24.2 Å². The van der Waals surface area contributed by atoms with Crippen molar-refractivity contribution in [3.63, 3.8) is 0 Å². The molecule has 0 saturated heterocycles. The maximum Gasteiger partial charge on any atom is 0.253 e. The molecule has 0 bridgehead atoms. The van der Waals surface area contributed by atoms with E-state index in [1.54, 1.807) is 0 Å². The Morgan fingerprint density at radius 1 is 1.59 bits per heavy atom. The van der Waals surface area contributed by atoms with Gasteiger partial charge >= 0.3 is 0 Å². The van der Waals surface area contributed by atoms with Crippen molar-refractivity contribution in [2.24, 2.45) is 5.73 Å². The molecule has 1 heterocycles. The first-order valence-electron chi connectivity index (χ1n) is 5.91. The van der Waals surface area contributed by atoms with E-state index in [4.69, 9.17) is 10.5 Å². The average Bonchev–Trinajstić information content (AvgIpc) is 2.35. The van der Waals surface area contributed by atoms with Crippen LogP contribution in [-0.4, -0.2) is 25.1 Å². The fourth-order valence-electron chi connectivity index (χ4n) is 1.97. The van der Waals surface area contributed by atoms with E-state index in [1.807, 2.05) is 31.2 Å². The Balaban J connectivity index is 2.10. The van der Waals surface area contributed by atoms with Crippen molar-refractivity contribution in [2.45, 2.75) is 25.5 Å². The average molecular weight is 234 g/mol. The molecule has 1 aliphatic rings. The van der Waals surface area contributed by atoms with E-state index in [9.17, 15) is 4.79 Å². The zero-order chi connectivity index (χ0) is 12.3. The van der Waals surface area contributed by atoms with Crippen molar-refractivity contribution in [3.8, 4) is 0 Å². The summed E-state index contributed by atoms with van der Waals surface area (Å²) in [6.07, 6.45) is 0.381. The molecule has 2 atom stereocenters. The van der Waals surface area contributed by atoms with Crippen molar-refractivity contribution in [1.82, 2.24) is 5.32 Å². The third-order valence-corrected chi connectivity index (χ3v) is 2.83. The molecule has 0 radical (unpaired) electrons. The Kier molecular flexibility index (Phi) is 3.76. The summed E-state index contributed by atoms with van der Waals surface area (Å²) >= 11 is 0. The lowest BCUT2D eigenvalue weighted by Gasteiger charge is -2.25. The minimum atomic E-state index is -0.487. The monoisotopic (exact) mass is 234 g/mol. The van der Waals surface area contributed by atoms with Gasteiger partial charge in [-0.1, -0.05) is 24.3 Å². The SMILES string of the molecule is CC(N)CNC(=O)C1OCCc2ccccc21. The molecule has 1 amide bonds. The van der Waals surface area contributed by atoms with E-state index in [0.29, 0.717) is 13.2 Å². The number of carbonyl (C=O) groups excluding carboxylic acids is 1. The number of hydrogen-bond donors (Lipinski definition) is 2. The molecule has 1 aromatic rings. The number of amides is 1. The smallest absolute Gasteiger partial charge is 0.253 e. The number of fused-ring (bicyclic) bond motifs is 1. The fourth-order valence-corrected chi connectivity index (χ4v) is 1.97. The minimum absolute atomic E-state index is 0.0437. The van der Waals surface area contributed by atoms with Crippen molar-refractivity contribution in [2.75, 3.05) is 13.2 Å². The van der Waals surface area contributed by atoms with Crippen LogP contribution in [0.25, 0.3) is 0 Å². The Labute approximate surface area is 101 Å². The lowest BCUT2D eigenvalue weighted by molar-refractivity contribution is -0.134. The molecular formula is C13H18N2O2. The summed E-state index contributed by atoms with van der Waals surface area (Å²) in [7, 11) is 0. The molecule has 4 heteroatoms. The Morgan fingerprint density at radius 3 is 3.12 bits per heavy atom. The van der Waals surface area contributed by atoms with Crippen LogP contribution < -0.4 is 11.1 Å². The first kappa shape index (κ1) is 12.1. The predicted molar refractivity (Wildman–Crippen MR) is 65.5 cm³/mol. The van der Waals surface area contributed by atoms with Crippen LogP contribution in [0.4, 0.5) is 0 Å². The van der Waals surface area contributed by atoms with Crippen LogP contribution in [0.5, 0.6) is 0 Å². The zero-order valence-corrected chi connectivity index (χ0v) is 9.98. The molecule has 2 rings (SSSR count). The number of hydrogen-bond acceptors (Lipinski definition) is 3. The molecular weight excluding hydrogens is 216 g/mol. The van der Waals surface area contributed by atoms with E-state index in [2.05, 4.69) is 5.32 Å². The molecule has 0 saturated carbocycles. The molecule has 0 fully saturated rings. The van der Waals surface area contributed by atoms with Crippen LogP contribution in [0.15, 0.2) is 24.3 Å². The van der Waals surface area contributed by atoms with E-state index < -0.39 is 6.10 Å². The van der Waals surface area contributed by atoms with Crippen molar-refractivity contribution in [1.29, 1.82) is 0 Å². The highest BCUT2D eigenvalue weighted by Gasteiger charge is 2.26. The largest absolute Gasteiger partial charge is 0.363 e. The number of benzene rings is 1. The van der Waals surface area contributed by atoms with Gasteiger partial charge in [-0.2, -0.15) is 0 Å². The van der Waals surface area contributed by atoms with Gasteiger partial charge < -0.3 is 15.8 Å². The Morgan fingerprint density at radius 2 is 2.35 bits per heavy atom. The van der Waals surface area contributed by atoms with E-state index >= 15 is 0 Å². The number of carbonyl (C=O) groups is 1.